The monoisotopic (exact) mass is 460 g/mol. The summed E-state index contributed by atoms with van der Waals surface area (Å²) in [5, 5.41) is 0. The number of piperidine rings is 1. The van der Waals surface area contributed by atoms with Crippen LogP contribution in [0.3, 0.4) is 0 Å². The average molecular weight is 461 g/mol. The Morgan fingerprint density at radius 3 is 2.48 bits per heavy atom. The second-order valence-electron chi connectivity index (χ2n) is 9.49. The number of benzene rings is 1. The SMILES string of the molecule is CCOC(=O)C1CCN(C(=O)[C@H]2COC3(CCC(C)CC3)N2C(=O)c2cccc(F)c2)CC1. The molecule has 2 amide bonds. The van der Waals surface area contributed by atoms with Gasteiger partial charge in [0, 0.05) is 18.7 Å². The number of halogens is 1. The van der Waals surface area contributed by atoms with Crippen molar-refractivity contribution in [2.24, 2.45) is 11.8 Å². The first-order valence-electron chi connectivity index (χ1n) is 12.0. The van der Waals surface area contributed by atoms with Crippen molar-refractivity contribution in [1.29, 1.82) is 0 Å². The quantitative estimate of drug-likeness (QED) is 0.644. The van der Waals surface area contributed by atoms with Gasteiger partial charge in [-0.25, -0.2) is 4.39 Å². The van der Waals surface area contributed by atoms with Crippen LogP contribution < -0.4 is 0 Å². The number of rotatable bonds is 4. The predicted molar refractivity (Wildman–Crippen MR) is 119 cm³/mol. The molecule has 3 aliphatic rings. The molecule has 1 aromatic rings. The van der Waals surface area contributed by atoms with Gasteiger partial charge >= 0.3 is 5.97 Å². The van der Waals surface area contributed by atoms with Gasteiger partial charge in [-0.2, -0.15) is 0 Å². The molecule has 1 atom stereocenters. The highest BCUT2D eigenvalue weighted by Gasteiger charge is 2.54. The first kappa shape index (κ1) is 23.7. The first-order chi connectivity index (χ1) is 15.8. The zero-order chi connectivity index (χ0) is 23.6. The summed E-state index contributed by atoms with van der Waals surface area (Å²) in [6.45, 7) is 5.30. The molecule has 33 heavy (non-hydrogen) atoms. The molecular weight excluding hydrogens is 427 g/mol. The van der Waals surface area contributed by atoms with Crippen molar-refractivity contribution in [3.05, 3.63) is 35.6 Å². The van der Waals surface area contributed by atoms with Crippen molar-refractivity contribution in [3.8, 4) is 0 Å². The highest BCUT2D eigenvalue weighted by Crippen LogP contribution is 2.43. The Bertz CT molecular complexity index is 891. The fourth-order valence-electron chi connectivity index (χ4n) is 5.34. The van der Waals surface area contributed by atoms with E-state index in [-0.39, 0.29) is 35.9 Å². The number of hydrogen-bond donors (Lipinski definition) is 0. The molecule has 0 aromatic heterocycles. The average Bonchev–Trinajstić information content (AvgIpc) is 3.19. The number of hydrogen-bond acceptors (Lipinski definition) is 5. The second-order valence-corrected chi connectivity index (χ2v) is 9.49. The number of amides is 2. The third-order valence-corrected chi connectivity index (χ3v) is 7.32. The van der Waals surface area contributed by atoms with E-state index in [1.54, 1.807) is 22.8 Å². The maximum absolute atomic E-state index is 13.9. The van der Waals surface area contributed by atoms with E-state index >= 15 is 0 Å². The molecule has 2 heterocycles. The molecule has 2 aliphatic heterocycles. The van der Waals surface area contributed by atoms with Gasteiger partial charge in [0.25, 0.3) is 5.91 Å². The third-order valence-electron chi connectivity index (χ3n) is 7.32. The molecule has 8 heteroatoms. The molecular formula is C25H33FN2O5. The smallest absolute Gasteiger partial charge is 0.309 e. The van der Waals surface area contributed by atoms with Crippen LogP contribution in [0.4, 0.5) is 4.39 Å². The van der Waals surface area contributed by atoms with Gasteiger partial charge in [0.1, 0.15) is 17.6 Å². The van der Waals surface area contributed by atoms with Crippen LogP contribution >= 0.6 is 0 Å². The van der Waals surface area contributed by atoms with Crippen molar-refractivity contribution >= 4 is 17.8 Å². The Balaban J connectivity index is 1.54. The lowest BCUT2D eigenvalue weighted by Crippen LogP contribution is -2.58. The maximum Gasteiger partial charge on any atom is 0.309 e. The highest BCUT2D eigenvalue weighted by atomic mass is 19.1. The van der Waals surface area contributed by atoms with E-state index in [2.05, 4.69) is 6.92 Å². The molecule has 4 rings (SSSR count). The molecule has 7 nitrogen and oxygen atoms in total. The number of carbonyl (C=O) groups excluding carboxylic acids is 3. The fraction of sp³-hybridized carbons (Fsp3) is 0.640. The Hall–Kier alpha value is -2.48. The lowest BCUT2D eigenvalue weighted by atomic mass is 9.83. The van der Waals surface area contributed by atoms with Crippen LogP contribution in [0.25, 0.3) is 0 Å². The Kier molecular flexibility index (Phi) is 7.02. The zero-order valence-corrected chi connectivity index (χ0v) is 19.4. The molecule has 1 spiro atoms. The van der Waals surface area contributed by atoms with Crippen LogP contribution in [0.15, 0.2) is 24.3 Å². The topological polar surface area (TPSA) is 76.2 Å². The van der Waals surface area contributed by atoms with Gasteiger partial charge in [-0.15, -0.1) is 0 Å². The summed E-state index contributed by atoms with van der Waals surface area (Å²) in [6, 6.07) is 4.84. The molecule has 0 bridgehead atoms. The Morgan fingerprint density at radius 2 is 1.85 bits per heavy atom. The minimum atomic E-state index is -0.834. The first-order valence-corrected chi connectivity index (χ1v) is 12.0. The minimum Gasteiger partial charge on any atom is -0.466 e. The predicted octanol–water partition coefficient (Wildman–Crippen LogP) is 3.37. The van der Waals surface area contributed by atoms with Gasteiger partial charge in [-0.1, -0.05) is 13.0 Å². The van der Waals surface area contributed by atoms with Crippen molar-refractivity contribution in [2.45, 2.75) is 64.1 Å². The van der Waals surface area contributed by atoms with E-state index in [1.807, 2.05) is 0 Å². The normalized spacial score (nSPS) is 28.2. The minimum absolute atomic E-state index is 0.131. The van der Waals surface area contributed by atoms with Crippen LogP contribution in [0.2, 0.25) is 0 Å². The van der Waals surface area contributed by atoms with Gasteiger partial charge in [0.2, 0.25) is 5.91 Å². The fourth-order valence-corrected chi connectivity index (χ4v) is 5.34. The lowest BCUT2D eigenvalue weighted by molar-refractivity contribution is -0.152. The summed E-state index contributed by atoms with van der Waals surface area (Å²) in [4.78, 5) is 42.5. The molecule has 3 fully saturated rings. The van der Waals surface area contributed by atoms with Crippen molar-refractivity contribution in [1.82, 2.24) is 9.80 Å². The van der Waals surface area contributed by atoms with Crippen LogP contribution in [-0.4, -0.2) is 65.7 Å². The van der Waals surface area contributed by atoms with Crippen LogP contribution in [0, 0.1) is 17.7 Å². The third kappa shape index (κ3) is 4.76. The van der Waals surface area contributed by atoms with E-state index in [0.29, 0.717) is 51.3 Å². The summed E-state index contributed by atoms with van der Waals surface area (Å²) in [5.74, 6) is -0.922. The number of ether oxygens (including phenoxy) is 2. The summed E-state index contributed by atoms with van der Waals surface area (Å²) >= 11 is 0. The van der Waals surface area contributed by atoms with Crippen molar-refractivity contribution in [2.75, 3.05) is 26.3 Å². The number of nitrogens with zero attached hydrogens (tertiary/aromatic N) is 2. The summed E-state index contributed by atoms with van der Waals surface area (Å²) < 4.78 is 25.2. The molecule has 0 unspecified atom stereocenters. The summed E-state index contributed by atoms with van der Waals surface area (Å²) in [6.07, 6.45) is 4.20. The number of likely N-dealkylation sites (tertiary alicyclic amines) is 1. The summed E-state index contributed by atoms with van der Waals surface area (Å²) in [7, 11) is 0. The van der Waals surface area contributed by atoms with Crippen molar-refractivity contribution < 1.29 is 28.2 Å². The molecule has 1 aliphatic carbocycles. The number of esters is 1. The Morgan fingerprint density at radius 1 is 1.15 bits per heavy atom. The zero-order valence-electron chi connectivity index (χ0n) is 19.4. The lowest BCUT2D eigenvalue weighted by Gasteiger charge is -2.43. The second kappa shape index (κ2) is 9.79. The van der Waals surface area contributed by atoms with Gasteiger partial charge in [0.15, 0.2) is 0 Å². The molecule has 180 valence electrons. The van der Waals surface area contributed by atoms with Gasteiger partial charge in [-0.3, -0.25) is 19.3 Å². The van der Waals surface area contributed by atoms with E-state index in [0.717, 1.165) is 12.8 Å². The Labute approximate surface area is 194 Å². The van der Waals surface area contributed by atoms with Gasteiger partial charge < -0.3 is 14.4 Å². The van der Waals surface area contributed by atoms with E-state index < -0.39 is 17.6 Å². The van der Waals surface area contributed by atoms with Crippen molar-refractivity contribution in [3.63, 3.8) is 0 Å². The van der Waals surface area contributed by atoms with Gasteiger partial charge in [0.05, 0.1) is 19.1 Å². The molecule has 1 aromatic carbocycles. The van der Waals surface area contributed by atoms with Crippen LogP contribution in [0.1, 0.15) is 62.7 Å². The molecule has 0 radical (unpaired) electrons. The highest BCUT2D eigenvalue weighted by molar-refractivity contribution is 5.98. The van der Waals surface area contributed by atoms with Crippen LogP contribution in [0.5, 0.6) is 0 Å². The van der Waals surface area contributed by atoms with E-state index in [4.69, 9.17) is 9.47 Å². The molecule has 2 saturated heterocycles. The van der Waals surface area contributed by atoms with E-state index in [1.165, 1.54) is 18.2 Å². The largest absolute Gasteiger partial charge is 0.466 e. The van der Waals surface area contributed by atoms with Crippen LogP contribution in [-0.2, 0) is 19.1 Å². The standard InChI is InChI=1S/C25H33FN2O5/c1-3-32-24(31)18-9-13-27(14-10-18)23(30)21-16-33-25(11-7-17(2)8-12-25)28(21)22(29)19-5-4-6-20(26)15-19/h4-6,15,17-18,21H,3,7-14,16H2,1-2H3/t17?,21-,25?/m1/s1. The number of carbonyl (C=O) groups is 3. The summed E-state index contributed by atoms with van der Waals surface area (Å²) in [5.41, 5.74) is -0.614. The van der Waals surface area contributed by atoms with E-state index in [9.17, 15) is 18.8 Å². The molecule has 0 N–H and O–H groups in total. The molecule has 1 saturated carbocycles. The van der Waals surface area contributed by atoms with Gasteiger partial charge in [-0.05, 0) is 69.6 Å². The maximum atomic E-state index is 13.9.